The van der Waals surface area contributed by atoms with E-state index in [1.54, 1.807) is 0 Å². The minimum atomic E-state index is -4.43. The van der Waals surface area contributed by atoms with E-state index in [2.05, 4.69) is 6.92 Å². The summed E-state index contributed by atoms with van der Waals surface area (Å²) in [4.78, 5) is 0. The number of hydrogen-bond donors (Lipinski definition) is 0. The zero-order chi connectivity index (χ0) is 19.6. The monoisotopic (exact) mass is 384 g/mol. The van der Waals surface area contributed by atoms with Gasteiger partial charge in [0.05, 0.1) is 12.2 Å². The molecule has 1 nitrogen and oxygen atoms in total. The zero-order valence-electron chi connectivity index (χ0n) is 15.0. The average Bonchev–Trinajstić information content (AvgIpc) is 2.60. The van der Waals surface area contributed by atoms with Crippen molar-refractivity contribution in [3.05, 3.63) is 58.7 Å². The molecular formula is C21H21F5O. The van der Waals surface area contributed by atoms with Gasteiger partial charge >= 0.3 is 6.18 Å². The van der Waals surface area contributed by atoms with Gasteiger partial charge in [0.15, 0.2) is 6.10 Å². The highest BCUT2D eigenvalue weighted by molar-refractivity contribution is 5.67. The van der Waals surface area contributed by atoms with Crippen molar-refractivity contribution in [1.82, 2.24) is 0 Å². The van der Waals surface area contributed by atoms with Crippen LogP contribution in [-0.4, -0.2) is 12.3 Å². The largest absolute Gasteiger partial charge is 0.414 e. The van der Waals surface area contributed by atoms with Crippen molar-refractivity contribution in [3.8, 4) is 11.1 Å². The van der Waals surface area contributed by atoms with E-state index in [1.807, 2.05) is 0 Å². The fourth-order valence-electron chi connectivity index (χ4n) is 3.40. The summed E-state index contributed by atoms with van der Waals surface area (Å²) in [6, 6.07) is 7.16. The van der Waals surface area contributed by atoms with Crippen molar-refractivity contribution in [2.75, 3.05) is 0 Å². The van der Waals surface area contributed by atoms with Gasteiger partial charge in [-0.05, 0) is 53.3 Å². The molecule has 0 saturated heterocycles. The van der Waals surface area contributed by atoms with Crippen LogP contribution in [0.2, 0.25) is 0 Å². The fourth-order valence-corrected chi connectivity index (χ4v) is 3.40. The summed E-state index contributed by atoms with van der Waals surface area (Å²) >= 11 is 0. The number of fused-ring (bicyclic) bond motifs is 1. The molecule has 0 spiro atoms. The second-order valence-electron chi connectivity index (χ2n) is 6.92. The molecule has 0 amide bonds. The van der Waals surface area contributed by atoms with Crippen molar-refractivity contribution in [2.45, 2.75) is 57.9 Å². The number of unbranched alkanes of at least 4 members (excludes halogenated alkanes) is 2. The van der Waals surface area contributed by atoms with Crippen molar-refractivity contribution < 1.29 is 26.7 Å². The Hall–Kier alpha value is -1.95. The average molecular weight is 384 g/mol. The molecule has 27 heavy (non-hydrogen) atoms. The van der Waals surface area contributed by atoms with Gasteiger partial charge in [-0.3, -0.25) is 0 Å². The summed E-state index contributed by atoms with van der Waals surface area (Å²) < 4.78 is 72.4. The van der Waals surface area contributed by atoms with E-state index in [4.69, 9.17) is 4.74 Å². The summed E-state index contributed by atoms with van der Waals surface area (Å²) in [6.07, 6.45) is -3.07. The Morgan fingerprint density at radius 1 is 1.00 bits per heavy atom. The molecule has 0 fully saturated rings. The molecule has 2 aromatic rings. The van der Waals surface area contributed by atoms with Crippen LogP contribution in [0.1, 0.15) is 42.9 Å². The SMILES string of the molecule is CCCCCc1cc(F)c(-c2ccc3c(c2)COC(C(F)(F)F)C3)c(F)c1. The standard InChI is InChI=1S/C21H21F5O/c1-2-3-4-5-13-8-17(22)20(18(23)9-13)15-7-6-14-11-19(21(24,25)26)27-12-16(14)10-15/h6-10,19H,2-5,11-12H2,1H3. The summed E-state index contributed by atoms with van der Waals surface area (Å²) in [7, 11) is 0. The predicted octanol–water partition coefficient (Wildman–Crippen LogP) is 6.37. The third-order valence-corrected chi connectivity index (χ3v) is 4.88. The molecule has 146 valence electrons. The third kappa shape index (κ3) is 4.49. The number of aryl methyl sites for hydroxylation is 1. The molecule has 1 heterocycles. The molecular weight excluding hydrogens is 363 g/mol. The summed E-state index contributed by atoms with van der Waals surface area (Å²) in [5.74, 6) is -1.32. The smallest absolute Gasteiger partial charge is 0.364 e. The fraction of sp³-hybridized carbons (Fsp3) is 0.429. The van der Waals surface area contributed by atoms with Crippen LogP contribution in [0.15, 0.2) is 30.3 Å². The molecule has 3 rings (SSSR count). The van der Waals surface area contributed by atoms with E-state index in [1.165, 1.54) is 30.3 Å². The van der Waals surface area contributed by atoms with Gasteiger partial charge in [-0.1, -0.05) is 31.9 Å². The Morgan fingerprint density at radius 3 is 2.33 bits per heavy atom. The summed E-state index contributed by atoms with van der Waals surface area (Å²) in [5, 5.41) is 0. The molecule has 0 aliphatic carbocycles. The van der Waals surface area contributed by atoms with Gasteiger partial charge in [-0.15, -0.1) is 0 Å². The van der Waals surface area contributed by atoms with Crippen LogP contribution in [0.5, 0.6) is 0 Å². The maximum absolute atomic E-state index is 14.5. The molecule has 6 heteroatoms. The minimum absolute atomic E-state index is 0.157. The number of alkyl halides is 3. The number of rotatable bonds is 5. The van der Waals surface area contributed by atoms with Crippen LogP contribution < -0.4 is 0 Å². The van der Waals surface area contributed by atoms with Gasteiger partial charge in [0.2, 0.25) is 0 Å². The lowest BCUT2D eigenvalue weighted by molar-refractivity contribution is -0.226. The first-order chi connectivity index (χ1) is 12.8. The third-order valence-electron chi connectivity index (χ3n) is 4.88. The van der Waals surface area contributed by atoms with Crippen LogP contribution in [0.3, 0.4) is 0 Å². The molecule has 1 aliphatic rings. The van der Waals surface area contributed by atoms with E-state index in [0.717, 1.165) is 19.3 Å². The van der Waals surface area contributed by atoms with Crippen molar-refractivity contribution in [1.29, 1.82) is 0 Å². The van der Waals surface area contributed by atoms with E-state index in [-0.39, 0.29) is 18.6 Å². The molecule has 1 aliphatic heterocycles. The lowest BCUT2D eigenvalue weighted by Crippen LogP contribution is -2.36. The number of ether oxygens (including phenoxy) is 1. The molecule has 0 N–H and O–H groups in total. The Labute approximate surface area is 155 Å². The first-order valence-corrected chi connectivity index (χ1v) is 9.08. The summed E-state index contributed by atoms with van der Waals surface area (Å²) in [5.41, 5.74) is 1.77. The Morgan fingerprint density at radius 2 is 1.70 bits per heavy atom. The van der Waals surface area contributed by atoms with Crippen LogP contribution in [0.4, 0.5) is 22.0 Å². The Balaban J connectivity index is 1.86. The van der Waals surface area contributed by atoms with Gasteiger partial charge in [0.1, 0.15) is 11.6 Å². The quantitative estimate of drug-likeness (QED) is 0.430. The Kier molecular flexibility index (Phi) is 5.84. The zero-order valence-corrected chi connectivity index (χ0v) is 15.0. The van der Waals surface area contributed by atoms with Crippen LogP contribution in [0.25, 0.3) is 11.1 Å². The van der Waals surface area contributed by atoms with Crippen molar-refractivity contribution in [2.24, 2.45) is 0 Å². The molecule has 1 unspecified atom stereocenters. The highest BCUT2D eigenvalue weighted by Gasteiger charge is 2.42. The van der Waals surface area contributed by atoms with E-state index in [0.29, 0.717) is 28.7 Å². The van der Waals surface area contributed by atoms with Crippen molar-refractivity contribution in [3.63, 3.8) is 0 Å². The topological polar surface area (TPSA) is 9.23 Å². The highest BCUT2D eigenvalue weighted by Crippen LogP contribution is 2.35. The van der Waals surface area contributed by atoms with E-state index in [9.17, 15) is 22.0 Å². The lowest BCUT2D eigenvalue weighted by Gasteiger charge is -2.27. The normalized spacial score (nSPS) is 17.0. The maximum Gasteiger partial charge on any atom is 0.414 e. The Bertz CT molecular complexity index is 790. The van der Waals surface area contributed by atoms with E-state index < -0.39 is 23.9 Å². The van der Waals surface area contributed by atoms with Crippen LogP contribution in [0, 0.1) is 11.6 Å². The molecule has 0 aromatic heterocycles. The minimum Gasteiger partial charge on any atom is -0.364 e. The molecule has 1 atom stereocenters. The van der Waals surface area contributed by atoms with E-state index >= 15 is 0 Å². The van der Waals surface area contributed by atoms with Gasteiger partial charge in [-0.2, -0.15) is 13.2 Å². The second kappa shape index (κ2) is 7.97. The molecule has 0 bridgehead atoms. The second-order valence-corrected chi connectivity index (χ2v) is 6.92. The predicted molar refractivity (Wildman–Crippen MR) is 93.4 cm³/mol. The molecule has 0 radical (unpaired) electrons. The van der Waals surface area contributed by atoms with Crippen LogP contribution >= 0.6 is 0 Å². The number of benzene rings is 2. The van der Waals surface area contributed by atoms with Gasteiger partial charge in [0, 0.05) is 6.42 Å². The van der Waals surface area contributed by atoms with Gasteiger partial charge in [0.25, 0.3) is 0 Å². The maximum atomic E-state index is 14.5. The first-order valence-electron chi connectivity index (χ1n) is 9.08. The number of halogens is 5. The van der Waals surface area contributed by atoms with Crippen molar-refractivity contribution >= 4 is 0 Å². The van der Waals surface area contributed by atoms with Crippen LogP contribution in [-0.2, 0) is 24.2 Å². The van der Waals surface area contributed by atoms with Gasteiger partial charge in [-0.25, -0.2) is 8.78 Å². The highest BCUT2D eigenvalue weighted by atomic mass is 19.4. The summed E-state index contributed by atoms with van der Waals surface area (Å²) in [6.45, 7) is 1.83. The molecule has 2 aromatic carbocycles. The van der Waals surface area contributed by atoms with Gasteiger partial charge < -0.3 is 4.74 Å². The first kappa shape index (κ1) is 19.8. The lowest BCUT2D eigenvalue weighted by atomic mass is 9.93. The number of hydrogen-bond acceptors (Lipinski definition) is 1. The molecule has 0 saturated carbocycles.